The first-order valence-corrected chi connectivity index (χ1v) is 42.4. The molecule has 3 N–H and O–H groups in total. The standard InChI is InChI=1S/C76H148O17P2/c1-8-10-11-12-13-14-30-36-45-52-59-75(80)93-72(64-87-74(79)58-51-44-39-38-41-48-55-68(5)6)66-91-95(84,85)89-62-70(77)61-88-94(82,83)90-65-71(92-76(81)60-53-46-37-32-27-23-17-15-16-20-24-28-33-40-47-54-67(3)4)63-86-73(78)57-50-43-35-31-26-22-19-18-21-25-29-34-42-49-56-69(7)9-2/h67-72,77H,8-66H2,1-7H3,(H,82,83)(H,84,85)/t69?,70-,71-,72-/m1/s1. The summed E-state index contributed by atoms with van der Waals surface area (Å²) in [5, 5.41) is 10.6. The first kappa shape index (κ1) is 93.1. The smallest absolute Gasteiger partial charge is 0.462 e. The summed E-state index contributed by atoms with van der Waals surface area (Å²) >= 11 is 0. The molecule has 0 heterocycles. The Kier molecular flexibility index (Phi) is 65.2. The molecule has 0 amide bonds. The van der Waals surface area contributed by atoms with Crippen molar-refractivity contribution in [2.45, 2.75) is 407 Å². The van der Waals surface area contributed by atoms with Gasteiger partial charge >= 0.3 is 39.5 Å². The Balaban J connectivity index is 5.21. The second kappa shape index (κ2) is 66.6. The number of esters is 4. The molecule has 3 unspecified atom stereocenters. The van der Waals surface area contributed by atoms with Crippen molar-refractivity contribution >= 4 is 39.5 Å². The number of aliphatic hydroxyl groups is 1. The van der Waals surface area contributed by atoms with E-state index in [1.165, 1.54) is 193 Å². The van der Waals surface area contributed by atoms with Gasteiger partial charge in [-0.05, 0) is 43.4 Å². The summed E-state index contributed by atoms with van der Waals surface area (Å²) in [4.78, 5) is 72.7. The highest BCUT2D eigenvalue weighted by Gasteiger charge is 2.30. The molecule has 17 nitrogen and oxygen atoms in total. The zero-order valence-electron chi connectivity index (χ0n) is 62.1. The van der Waals surface area contributed by atoms with Gasteiger partial charge in [0.15, 0.2) is 12.2 Å². The highest BCUT2D eigenvalue weighted by molar-refractivity contribution is 7.47. The van der Waals surface area contributed by atoms with Crippen molar-refractivity contribution in [3.63, 3.8) is 0 Å². The molecule has 0 radical (unpaired) electrons. The van der Waals surface area contributed by atoms with Crippen LogP contribution in [0.3, 0.4) is 0 Å². The van der Waals surface area contributed by atoms with Crippen LogP contribution in [0.2, 0.25) is 0 Å². The summed E-state index contributed by atoms with van der Waals surface area (Å²) in [6.07, 6.45) is 52.8. The molecule has 6 atom stereocenters. The van der Waals surface area contributed by atoms with Crippen LogP contribution in [0, 0.1) is 17.8 Å². The zero-order chi connectivity index (χ0) is 70.1. The molecule has 0 rings (SSSR count). The maximum Gasteiger partial charge on any atom is 0.472 e. The van der Waals surface area contributed by atoms with Crippen molar-refractivity contribution in [3.8, 4) is 0 Å². The average molecular weight is 1400 g/mol. The lowest BCUT2D eigenvalue weighted by Crippen LogP contribution is -2.30. The minimum absolute atomic E-state index is 0.105. The summed E-state index contributed by atoms with van der Waals surface area (Å²) in [6.45, 7) is 11.9. The number of carbonyl (C=O) groups is 4. The van der Waals surface area contributed by atoms with Crippen molar-refractivity contribution < 1.29 is 80.2 Å². The van der Waals surface area contributed by atoms with Gasteiger partial charge in [-0.3, -0.25) is 37.3 Å². The molecule has 19 heteroatoms. The van der Waals surface area contributed by atoms with Crippen molar-refractivity contribution in [2.24, 2.45) is 17.8 Å². The van der Waals surface area contributed by atoms with Gasteiger partial charge in [-0.15, -0.1) is 0 Å². The predicted octanol–water partition coefficient (Wildman–Crippen LogP) is 22.2. The van der Waals surface area contributed by atoms with E-state index in [0.717, 1.165) is 108 Å². The van der Waals surface area contributed by atoms with Crippen LogP contribution in [0.25, 0.3) is 0 Å². The average Bonchev–Trinajstić information content (AvgIpc) is 1.62. The minimum atomic E-state index is -4.96. The summed E-state index contributed by atoms with van der Waals surface area (Å²) < 4.78 is 68.4. The number of hydrogen-bond acceptors (Lipinski definition) is 15. The van der Waals surface area contributed by atoms with Gasteiger partial charge in [-0.25, -0.2) is 9.13 Å². The monoisotopic (exact) mass is 1400 g/mol. The summed E-state index contributed by atoms with van der Waals surface area (Å²) in [7, 11) is -9.91. The number of aliphatic hydroxyl groups excluding tert-OH is 1. The van der Waals surface area contributed by atoms with E-state index in [1.54, 1.807) is 0 Å². The molecular weight excluding hydrogens is 1250 g/mol. The Labute approximate surface area is 581 Å². The van der Waals surface area contributed by atoms with E-state index < -0.39 is 97.5 Å². The van der Waals surface area contributed by atoms with E-state index in [9.17, 15) is 43.2 Å². The van der Waals surface area contributed by atoms with Crippen molar-refractivity contribution in [1.82, 2.24) is 0 Å². The number of unbranched alkanes of at least 4 members (excludes halogenated alkanes) is 41. The van der Waals surface area contributed by atoms with Crippen LogP contribution in [0.5, 0.6) is 0 Å². The first-order chi connectivity index (χ1) is 45.8. The van der Waals surface area contributed by atoms with Gasteiger partial charge in [-0.1, -0.05) is 337 Å². The molecular formula is C76H148O17P2. The quantitative estimate of drug-likeness (QED) is 0.0222. The fourth-order valence-corrected chi connectivity index (χ4v) is 13.1. The third-order valence-electron chi connectivity index (χ3n) is 18.0. The van der Waals surface area contributed by atoms with E-state index in [4.69, 9.17) is 37.0 Å². The molecule has 0 aromatic heterocycles. The minimum Gasteiger partial charge on any atom is -0.462 e. The lowest BCUT2D eigenvalue weighted by molar-refractivity contribution is -0.161. The van der Waals surface area contributed by atoms with Gasteiger partial charge in [-0.2, -0.15) is 0 Å². The molecule has 0 saturated carbocycles. The molecule has 0 fully saturated rings. The molecule has 0 saturated heterocycles. The Hall–Kier alpha value is -1.94. The molecule has 95 heavy (non-hydrogen) atoms. The van der Waals surface area contributed by atoms with E-state index in [0.29, 0.717) is 31.6 Å². The van der Waals surface area contributed by atoms with Crippen molar-refractivity contribution in [1.29, 1.82) is 0 Å². The number of rotatable bonds is 74. The van der Waals surface area contributed by atoms with E-state index in [1.807, 2.05) is 0 Å². The Morgan fingerprint density at radius 3 is 0.800 bits per heavy atom. The van der Waals surface area contributed by atoms with Crippen LogP contribution >= 0.6 is 15.6 Å². The van der Waals surface area contributed by atoms with Crippen LogP contribution in [0.1, 0.15) is 389 Å². The highest BCUT2D eigenvalue weighted by atomic mass is 31.2. The molecule has 0 aliphatic rings. The Morgan fingerprint density at radius 1 is 0.305 bits per heavy atom. The molecule has 0 spiro atoms. The summed E-state index contributed by atoms with van der Waals surface area (Å²) in [6, 6.07) is 0. The second-order valence-electron chi connectivity index (χ2n) is 28.6. The normalized spacial score (nSPS) is 14.4. The Bertz CT molecular complexity index is 1850. The first-order valence-electron chi connectivity index (χ1n) is 39.4. The predicted molar refractivity (Wildman–Crippen MR) is 386 cm³/mol. The van der Waals surface area contributed by atoms with Gasteiger partial charge in [0.1, 0.15) is 19.3 Å². The number of carbonyl (C=O) groups excluding carboxylic acids is 4. The fourth-order valence-electron chi connectivity index (χ4n) is 11.6. The molecule has 0 bridgehead atoms. The zero-order valence-corrected chi connectivity index (χ0v) is 63.9. The lowest BCUT2D eigenvalue weighted by Gasteiger charge is -2.21. The Morgan fingerprint density at radius 2 is 0.537 bits per heavy atom. The third-order valence-corrected chi connectivity index (χ3v) is 19.9. The number of ether oxygens (including phenoxy) is 4. The molecule has 0 aliphatic carbocycles. The maximum absolute atomic E-state index is 13.1. The van der Waals surface area contributed by atoms with Gasteiger partial charge < -0.3 is 33.8 Å². The van der Waals surface area contributed by atoms with Gasteiger partial charge in [0.25, 0.3) is 0 Å². The topological polar surface area (TPSA) is 237 Å². The lowest BCUT2D eigenvalue weighted by atomic mass is 9.99. The summed E-state index contributed by atoms with van der Waals surface area (Å²) in [5.74, 6) is 0.212. The summed E-state index contributed by atoms with van der Waals surface area (Å²) in [5.41, 5.74) is 0. The van der Waals surface area contributed by atoms with Gasteiger partial charge in [0.2, 0.25) is 0 Å². The highest BCUT2D eigenvalue weighted by Crippen LogP contribution is 2.45. The van der Waals surface area contributed by atoms with Gasteiger partial charge in [0.05, 0.1) is 26.4 Å². The van der Waals surface area contributed by atoms with Crippen molar-refractivity contribution in [3.05, 3.63) is 0 Å². The molecule has 0 aromatic rings. The molecule has 0 aliphatic heterocycles. The molecule has 0 aromatic carbocycles. The van der Waals surface area contributed by atoms with Crippen LogP contribution in [0.4, 0.5) is 0 Å². The number of hydrogen-bond donors (Lipinski definition) is 3. The maximum atomic E-state index is 13.1. The van der Waals surface area contributed by atoms with Crippen LogP contribution < -0.4 is 0 Å². The largest absolute Gasteiger partial charge is 0.472 e. The van der Waals surface area contributed by atoms with Crippen LogP contribution in [-0.4, -0.2) is 96.7 Å². The number of phosphoric ester groups is 2. The van der Waals surface area contributed by atoms with E-state index in [2.05, 4.69) is 48.5 Å². The van der Waals surface area contributed by atoms with E-state index in [-0.39, 0.29) is 25.7 Å². The van der Waals surface area contributed by atoms with Crippen LogP contribution in [-0.2, 0) is 65.4 Å². The van der Waals surface area contributed by atoms with Crippen LogP contribution in [0.15, 0.2) is 0 Å². The van der Waals surface area contributed by atoms with Gasteiger partial charge in [0, 0.05) is 25.7 Å². The fraction of sp³-hybridized carbons (Fsp3) is 0.947. The number of phosphoric acid groups is 2. The third kappa shape index (κ3) is 69.0. The van der Waals surface area contributed by atoms with Crippen molar-refractivity contribution in [2.75, 3.05) is 39.6 Å². The SMILES string of the molecule is CCCCCCCCCCCCC(=O)O[C@H](COC(=O)CCCCCCCCC(C)C)COP(=O)(O)OC[C@H](O)COP(=O)(O)OC[C@@H](COC(=O)CCCCCCCCCCCCCCCCC(C)CC)OC(=O)CCCCCCCCCCCCCCCCCC(C)C. The van der Waals surface area contributed by atoms with E-state index >= 15 is 0 Å². The second-order valence-corrected chi connectivity index (χ2v) is 31.5. The molecule has 564 valence electrons.